The Kier molecular flexibility index (Phi) is 4.51. The van der Waals surface area contributed by atoms with E-state index < -0.39 is 18.2 Å². The first-order chi connectivity index (χ1) is 7.65. The van der Waals surface area contributed by atoms with Crippen molar-refractivity contribution in [1.29, 1.82) is 0 Å². The lowest BCUT2D eigenvalue weighted by Crippen LogP contribution is -2.26. The van der Waals surface area contributed by atoms with Crippen molar-refractivity contribution in [3.8, 4) is 0 Å². The van der Waals surface area contributed by atoms with Gasteiger partial charge in [0, 0.05) is 0 Å². The quantitative estimate of drug-likeness (QED) is 0.541. The number of Topliss-reactive ketones (excluding diaryl/α,β-unsaturated/α-hetero) is 2. The zero-order valence-electron chi connectivity index (χ0n) is 9.05. The van der Waals surface area contributed by atoms with Gasteiger partial charge in [0.05, 0.1) is 5.92 Å². The van der Waals surface area contributed by atoms with E-state index in [0.29, 0.717) is 6.42 Å². The van der Waals surface area contributed by atoms with Gasteiger partial charge in [0.2, 0.25) is 0 Å². The summed E-state index contributed by atoms with van der Waals surface area (Å²) in [5.41, 5.74) is 0.905. The van der Waals surface area contributed by atoms with Crippen LogP contribution in [0.25, 0.3) is 0 Å². The predicted octanol–water partition coefficient (Wildman–Crippen LogP) is 1.77. The maximum atomic E-state index is 11.5. The molecular weight excluding hydrogens is 206 g/mol. The molecule has 1 aromatic rings. The van der Waals surface area contributed by atoms with E-state index in [1.165, 1.54) is 6.92 Å². The lowest BCUT2D eigenvalue weighted by atomic mass is 9.92. The van der Waals surface area contributed by atoms with E-state index in [0.717, 1.165) is 5.56 Å². The van der Waals surface area contributed by atoms with Crippen molar-refractivity contribution in [1.82, 2.24) is 0 Å². The van der Waals surface area contributed by atoms with Gasteiger partial charge in [-0.2, -0.15) is 4.91 Å². The van der Waals surface area contributed by atoms with Gasteiger partial charge in [-0.1, -0.05) is 35.5 Å². The molecule has 0 saturated carbocycles. The first-order valence-electron chi connectivity index (χ1n) is 5.01. The summed E-state index contributed by atoms with van der Waals surface area (Å²) in [6, 6.07) is 9.24. The third-order valence-corrected chi connectivity index (χ3v) is 2.38. The van der Waals surface area contributed by atoms with Gasteiger partial charge >= 0.3 is 0 Å². The highest BCUT2D eigenvalue weighted by Gasteiger charge is 2.23. The number of benzene rings is 1. The van der Waals surface area contributed by atoms with Crippen LogP contribution >= 0.6 is 0 Å². The van der Waals surface area contributed by atoms with Gasteiger partial charge in [0.15, 0.2) is 5.78 Å². The predicted molar refractivity (Wildman–Crippen MR) is 60.0 cm³/mol. The number of hydrogen-bond acceptors (Lipinski definition) is 4. The largest absolute Gasteiger partial charge is 0.299 e. The van der Waals surface area contributed by atoms with Crippen molar-refractivity contribution >= 4 is 11.6 Å². The fraction of sp³-hybridized carbons (Fsp3) is 0.333. The van der Waals surface area contributed by atoms with Crippen LogP contribution in [0.2, 0.25) is 0 Å². The van der Waals surface area contributed by atoms with Gasteiger partial charge in [0.1, 0.15) is 12.3 Å². The summed E-state index contributed by atoms with van der Waals surface area (Å²) in [7, 11) is 0. The molecule has 4 nitrogen and oxygen atoms in total. The molecule has 4 heteroatoms. The molecule has 0 amide bonds. The van der Waals surface area contributed by atoms with E-state index in [2.05, 4.69) is 5.18 Å². The third kappa shape index (κ3) is 3.38. The summed E-state index contributed by atoms with van der Waals surface area (Å²) in [6.07, 6.45) is 0.338. The Hall–Kier alpha value is -1.84. The Morgan fingerprint density at radius 2 is 1.88 bits per heavy atom. The minimum Gasteiger partial charge on any atom is -0.299 e. The van der Waals surface area contributed by atoms with Crippen LogP contribution in [0.5, 0.6) is 0 Å². The Bertz CT molecular complexity index is 387. The Labute approximate surface area is 93.6 Å². The molecule has 0 aliphatic rings. The smallest absolute Gasteiger partial charge is 0.168 e. The number of hydrogen-bond donors (Lipinski definition) is 0. The highest BCUT2D eigenvalue weighted by Crippen LogP contribution is 2.11. The molecule has 84 valence electrons. The third-order valence-electron chi connectivity index (χ3n) is 2.38. The second kappa shape index (κ2) is 5.90. The molecule has 0 heterocycles. The van der Waals surface area contributed by atoms with E-state index >= 15 is 0 Å². The van der Waals surface area contributed by atoms with Gasteiger partial charge in [-0.15, -0.1) is 0 Å². The van der Waals surface area contributed by atoms with Crippen molar-refractivity contribution in [2.24, 2.45) is 11.1 Å². The van der Waals surface area contributed by atoms with Crippen molar-refractivity contribution in [3.05, 3.63) is 40.8 Å². The molecule has 0 spiro atoms. The average Bonchev–Trinajstić information content (AvgIpc) is 2.27. The fourth-order valence-electron chi connectivity index (χ4n) is 1.51. The molecule has 0 aromatic heterocycles. The van der Waals surface area contributed by atoms with E-state index in [-0.39, 0.29) is 5.78 Å². The molecule has 0 saturated heterocycles. The summed E-state index contributed by atoms with van der Waals surface area (Å²) in [4.78, 5) is 32.8. The summed E-state index contributed by atoms with van der Waals surface area (Å²) < 4.78 is 0. The van der Waals surface area contributed by atoms with Crippen LogP contribution in [0.4, 0.5) is 0 Å². The van der Waals surface area contributed by atoms with Crippen molar-refractivity contribution < 1.29 is 9.59 Å². The minimum absolute atomic E-state index is 0.225. The normalized spacial score (nSPS) is 11.8. The van der Waals surface area contributed by atoms with Gasteiger partial charge in [-0.25, -0.2) is 0 Å². The minimum atomic E-state index is -0.750. The monoisotopic (exact) mass is 219 g/mol. The molecular formula is C12H13NO3. The molecule has 1 atom stereocenters. The second-order valence-electron chi connectivity index (χ2n) is 3.61. The number of rotatable bonds is 6. The van der Waals surface area contributed by atoms with Crippen molar-refractivity contribution in [2.75, 3.05) is 6.54 Å². The molecule has 1 rings (SSSR count). The van der Waals surface area contributed by atoms with Gasteiger partial charge < -0.3 is 0 Å². The molecule has 0 N–H and O–H groups in total. The van der Waals surface area contributed by atoms with Crippen LogP contribution in [0.15, 0.2) is 35.5 Å². The van der Waals surface area contributed by atoms with Crippen LogP contribution in [-0.2, 0) is 16.0 Å². The number of nitrogens with zero attached hydrogens (tertiary/aromatic N) is 1. The van der Waals surface area contributed by atoms with E-state index in [1.54, 1.807) is 0 Å². The molecule has 16 heavy (non-hydrogen) atoms. The van der Waals surface area contributed by atoms with Crippen LogP contribution in [0.3, 0.4) is 0 Å². The standard InChI is InChI=1S/C12H13NO3/c1-9(14)11(12(15)8-13-16)7-10-5-3-2-4-6-10/h2-6,11H,7-8H2,1H3. The molecule has 0 fully saturated rings. The number of carbonyl (C=O) groups is 2. The first-order valence-corrected chi connectivity index (χ1v) is 5.01. The van der Waals surface area contributed by atoms with Crippen LogP contribution < -0.4 is 0 Å². The average molecular weight is 219 g/mol. The van der Waals surface area contributed by atoms with Crippen LogP contribution in [0.1, 0.15) is 12.5 Å². The fourth-order valence-corrected chi connectivity index (χ4v) is 1.51. The van der Waals surface area contributed by atoms with Crippen LogP contribution in [-0.4, -0.2) is 18.1 Å². The van der Waals surface area contributed by atoms with E-state index in [4.69, 9.17) is 0 Å². The summed E-state index contributed by atoms with van der Waals surface area (Å²) >= 11 is 0. The van der Waals surface area contributed by atoms with Gasteiger partial charge in [-0.05, 0) is 18.9 Å². The molecule has 0 radical (unpaired) electrons. The maximum absolute atomic E-state index is 11.5. The SMILES string of the molecule is CC(=O)C(Cc1ccccc1)C(=O)CN=O. The number of ketones is 2. The summed E-state index contributed by atoms with van der Waals surface area (Å²) in [6.45, 7) is 0.924. The summed E-state index contributed by atoms with van der Waals surface area (Å²) in [5, 5.41) is 2.53. The van der Waals surface area contributed by atoms with Crippen molar-refractivity contribution in [3.63, 3.8) is 0 Å². The Morgan fingerprint density at radius 1 is 1.25 bits per heavy atom. The van der Waals surface area contributed by atoms with Crippen LogP contribution in [0, 0.1) is 10.8 Å². The number of nitroso groups, excluding NO2 is 1. The lowest BCUT2D eigenvalue weighted by molar-refractivity contribution is -0.130. The van der Waals surface area contributed by atoms with E-state index in [9.17, 15) is 14.5 Å². The molecule has 1 aromatic carbocycles. The zero-order chi connectivity index (χ0) is 12.0. The Morgan fingerprint density at radius 3 is 2.38 bits per heavy atom. The first kappa shape index (κ1) is 12.2. The van der Waals surface area contributed by atoms with Crippen molar-refractivity contribution in [2.45, 2.75) is 13.3 Å². The number of carbonyl (C=O) groups excluding carboxylic acids is 2. The molecule has 1 unspecified atom stereocenters. The topological polar surface area (TPSA) is 63.6 Å². The highest BCUT2D eigenvalue weighted by atomic mass is 16.3. The maximum Gasteiger partial charge on any atom is 0.168 e. The Balaban J connectivity index is 2.76. The van der Waals surface area contributed by atoms with E-state index in [1.807, 2.05) is 30.3 Å². The van der Waals surface area contributed by atoms with Gasteiger partial charge in [-0.3, -0.25) is 9.59 Å². The highest BCUT2D eigenvalue weighted by molar-refractivity contribution is 6.02. The molecule has 0 bridgehead atoms. The second-order valence-corrected chi connectivity index (χ2v) is 3.61. The molecule has 0 aliphatic heterocycles. The summed E-state index contributed by atoms with van der Waals surface area (Å²) in [5.74, 6) is -1.39. The van der Waals surface area contributed by atoms with Gasteiger partial charge in [0.25, 0.3) is 0 Å². The molecule has 0 aliphatic carbocycles. The zero-order valence-corrected chi connectivity index (χ0v) is 9.05. The lowest BCUT2D eigenvalue weighted by Gasteiger charge is -2.10.